The third kappa shape index (κ3) is 3.77. The van der Waals surface area contributed by atoms with E-state index in [-0.39, 0.29) is 17.2 Å². The van der Waals surface area contributed by atoms with Crippen molar-refractivity contribution >= 4 is 46.2 Å². The molecule has 1 N–H and O–H groups in total. The van der Waals surface area contributed by atoms with Crippen LogP contribution in [0.3, 0.4) is 0 Å². The van der Waals surface area contributed by atoms with Gasteiger partial charge in [-0.05, 0) is 47.9 Å². The molecule has 2 aliphatic rings. The Balaban J connectivity index is 1.34. The molecule has 2 aromatic carbocycles. The molecule has 0 unspecified atom stereocenters. The zero-order valence-electron chi connectivity index (χ0n) is 17.4. The lowest BCUT2D eigenvalue weighted by atomic mass is 9.90. The predicted molar refractivity (Wildman–Crippen MR) is 127 cm³/mol. The van der Waals surface area contributed by atoms with Gasteiger partial charge in [-0.2, -0.15) is 5.10 Å². The number of hydrogen-bond donors (Lipinski definition) is 1. The van der Waals surface area contributed by atoms with Crippen molar-refractivity contribution in [3.63, 3.8) is 0 Å². The van der Waals surface area contributed by atoms with E-state index in [1.165, 1.54) is 19.3 Å². The van der Waals surface area contributed by atoms with Gasteiger partial charge in [0.15, 0.2) is 0 Å². The number of carbonyl (C=O) groups is 1. The van der Waals surface area contributed by atoms with Crippen molar-refractivity contribution in [3.8, 4) is 0 Å². The highest BCUT2D eigenvalue weighted by atomic mass is 35.5. The maximum Gasteiger partial charge on any atom is 0.244 e. The summed E-state index contributed by atoms with van der Waals surface area (Å²) in [6.45, 7) is 2.92. The molecule has 5 rings (SSSR count). The average Bonchev–Trinajstić information content (AvgIpc) is 3.26. The van der Waals surface area contributed by atoms with Gasteiger partial charge in [0.25, 0.3) is 0 Å². The van der Waals surface area contributed by atoms with Crippen LogP contribution in [0.15, 0.2) is 53.8 Å². The lowest BCUT2D eigenvalue weighted by Crippen LogP contribution is -2.22. The molecule has 0 bridgehead atoms. The molecular formula is C25H25Cl2N3O. The Kier molecular flexibility index (Phi) is 5.31. The van der Waals surface area contributed by atoms with Gasteiger partial charge in [0.1, 0.15) is 0 Å². The molecule has 3 aromatic rings. The van der Waals surface area contributed by atoms with Crippen molar-refractivity contribution in [3.05, 3.63) is 69.8 Å². The van der Waals surface area contributed by atoms with Crippen LogP contribution in [0, 0.1) is 17.3 Å². The largest absolute Gasteiger partial charge is 0.342 e. The number of halogens is 2. The highest BCUT2D eigenvalue weighted by Crippen LogP contribution is 2.66. The molecule has 160 valence electrons. The Morgan fingerprint density at radius 3 is 2.84 bits per heavy atom. The number of rotatable bonds is 5. The number of hydrazone groups is 1. The van der Waals surface area contributed by atoms with Gasteiger partial charge < -0.3 is 4.57 Å². The van der Waals surface area contributed by atoms with Crippen LogP contribution in [0.4, 0.5) is 0 Å². The van der Waals surface area contributed by atoms with Crippen molar-refractivity contribution in [1.82, 2.24) is 9.99 Å². The molecule has 0 spiro atoms. The summed E-state index contributed by atoms with van der Waals surface area (Å²) in [6, 6.07) is 13.9. The van der Waals surface area contributed by atoms with Crippen LogP contribution in [0.1, 0.15) is 43.7 Å². The first-order valence-electron chi connectivity index (χ1n) is 10.8. The molecule has 2 aliphatic carbocycles. The minimum atomic E-state index is 0.0604. The van der Waals surface area contributed by atoms with Crippen LogP contribution in [-0.4, -0.2) is 16.7 Å². The number of carbonyl (C=O) groups excluding carboxylic acids is 1. The number of nitrogens with zero attached hydrogens (tertiary/aromatic N) is 2. The number of para-hydroxylation sites is 1. The van der Waals surface area contributed by atoms with Crippen molar-refractivity contribution in [2.24, 2.45) is 22.4 Å². The molecule has 31 heavy (non-hydrogen) atoms. The molecule has 1 aromatic heterocycles. The number of benzene rings is 2. The Morgan fingerprint density at radius 2 is 2.06 bits per heavy atom. The van der Waals surface area contributed by atoms with Gasteiger partial charge in [-0.25, -0.2) is 5.43 Å². The monoisotopic (exact) mass is 453 g/mol. The Hall–Kier alpha value is -2.30. The van der Waals surface area contributed by atoms with Gasteiger partial charge in [-0.1, -0.05) is 67.2 Å². The summed E-state index contributed by atoms with van der Waals surface area (Å²) < 4.78 is 2.16. The van der Waals surface area contributed by atoms with Crippen LogP contribution in [0.5, 0.6) is 0 Å². The zero-order chi connectivity index (χ0) is 21.6. The predicted octanol–water partition coefficient (Wildman–Crippen LogP) is 6.27. The summed E-state index contributed by atoms with van der Waals surface area (Å²) >= 11 is 12.2. The fraction of sp³-hybridized carbons (Fsp3) is 0.360. The number of amides is 1. The lowest BCUT2D eigenvalue weighted by Gasteiger charge is -2.15. The summed E-state index contributed by atoms with van der Waals surface area (Å²) in [5, 5.41) is 6.50. The van der Waals surface area contributed by atoms with E-state index in [1.807, 2.05) is 30.3 Å². The molecule has 1 amide bonds. The van der Waals surface area contributed by atoms with Gasteiger partial charge >= 0.3 is 0 Å². The summed E-state index contributed by atoms with van der Waals surface area (Å²) in [6.07, 6.45) is 8.60. The Morgan fingerprint density at radius 1 is 1.23 bits per heavy atom. The Labute approximate surface area is 192 Å². The minimum Gasteiger partial charge on any atom is -0.342 e. The first-order valence-corrected chi connectivity index (χ1v) is 11.6. The summed E-state index contributed by atoms with van der Waals surface area (Å²) in [4.78, 5) is 12.7. The maximum atomic E-state index is 12.7. The van der Waals surface area contributed by atoms with E-state index in [0.29, 0.717) is 22.5 Å². The number of aromatic nitrogens is 1. The number of hydrogen-bond acceptors (Lipinski definition) is 2. The smallest absolute Gasteiger partial charge is 0.244 e. The average molecular weight is 454 g/mol. The molecule has 3 atom stereocenters. The summed E-state index contributed by atoms with van der Waals surface area (Å²) in [7, 11) is 0. The molecule has 2 saturated carbocycles. The third-order valence-electron chi connectivity index (χ3n) is 7.15. The van der Waals surface area contributed by atoms with Gasteiger partial charge in [-0.15, -0.1) is 0 Å². The van der Waals surface area contributed by atoms with Crippen molar-refractivity contribution < 1.29 is 4.79 Å². The molecule has 6 heteroatoms. The second kappa shape index (κ2) is 7.99. The first kappa shape index (κ1) is 20.6. The standard InChI is InChI=1S/C25H25Cl2N3O/c1-25-11-5-4-7-19(25)23(25)24(31)29-28-13-17-15-30(22-8-3-2-6-18(17)22)14-16-9-10-20(26)21(27)12-16/h2-3,6,8-10,12-13,15,19,23H,4-5,7,11,14H2,1H3,(H,29,31)/b28-13-/t19-,23-,25-/m0/s1. The van der Waals surface area contributed by atoms with Gasteiger partial charge in [-0.3, -0.25) is 4.79 Å². The van der Waals surface area contributed by atoms with E-state index in [0.717, 1.165) is 28.5 Å². The van der Waals surface area contributed by atoms with E-state index in [1.54, 1.807) is 6.21 Å². The summed E-state index contributed by atoms with van der Waals surface area (Å²) in [5.74, 6) is 0.706. The topological polar surface area (TPSA) is 46.4 Å². The van der Waals surface area contributed by atoms with Crippen LogP contribution in [0.25, 0.3) is 10.9 Å². The molecule has 0 aliphatic heterocycles. The second-order valence-corrected chi connectivity index (χ2v) is 9.86. The fourth-order valence-corrected chi connectivity index (χ4v) is 5.75. The normalized spacial score (nSPS) is 25.0. The minimum absolute atomic E-state index is 0.0604. The molecule has 2 fully saturated rings. The van der Waals surface area contributed by atoms with Gasteiger partial charge in [0.2, 0.25) is 5.91 Å². The molecule has 4 nitrogen and oxygen atoms in total. The molecular weight excluding hydrogens is 429 g/mol. The molecule has 0 saturated heterocycles. The first-order chi connectivity index (χ1) is 15.0. The van der Waals surface area contributed by atoms with Crippen molar-refractivity contribution in [2.75, 3.05) is 0 Å². The zero-order valence-corrected chi connectivity index (χ0v) is 19.0. The van der Waals surface area contributed by atoms with Crippen molar-refractivity contribution in [2.45, 2.75) is 39.2 Å². The van der Waals surface area contributed by atoms with Crippen LogP contribution in [-0.2, 0) is 11.3 Å². The maximum absolute atomic E-state index is 12.7. The summed E-state index contributed by atoms with van der Waals surface area (Å²) in [5.41, 5.74) is 6.12. The van der Waals surface area contributed by atoms with E-state index >= 15 is 0 Å². The van der Waals surface area contributed by atoms with E-state index < -0.39 is 0 Å². The number of fused-ring (bicyclic) bond motifs is 2. The van der Waals surface area contributed by atoms with Crippen LogP contribution in [0.2, 0.25) is 10.0 Å². The lowest BCUT2D eigenvalue weighted by molar-refractivity contribution is -0.123. The molecule has 1 heterocycles. The Bertz CT molecular complexity index is 1180. The van der Waals surface area contributed by atoms with E-state index in [4.69, 9.17) is 23.2 Å². The molecule has 0 radical (unpaired) electrons. The van der Waals surface area contributed by atoms with Crippen molar-refractivity contribution in [1.29, 1.82) is 0 Å². The highest BCUT2D eigenvalue weighted by Gasteiger charge is 2.64. The highest BCUT2D eigenvalue weighted by molar-refractivity contribution is 6.42. The quantitative estimate of drug-likeness (QED) is 0.358. The van der Waals surface area contributed by atoms with E-state index in [2.05, 4.69) is 40.3 Å². The van der Waals surface area contributed by atoms with Crippen LogP contribution < -0.4 is 5.43 Å². The van der Waals surface area contributed by atoms with Gasteiger partial charge in [0, 0.05) is 35.1 Å². The van der Waals surface area contributed by atoms with E-state index in [9.17, 15) is 4.79 Å². The number of nitrogens with one attached hydrogen (secondary N) is 1. The van der Waals surface area contributed by atoms with Gasteiger partial charge in [0.05, 0.1) is 16.3 Å². The van der Waals surface area contributed by atoms with Crippen LogP contribution >= 0.6 is 23.2 Å². The SMILES string of the molecule is C[C@]12CCCC[C@H]1[C@H]2C(=O)N/N=C\c1cn(Cc2ccc(Cl)c(Cl)c2)c2ccccc12. The third-order valence-corrected chi connectivity index (χ3v) is 7.89. The second-order valence-electron chi connectivity index (χ2n) is 9.05. The fourth-order valence-electron chi connectivity index (χ4n) is 5.43.